The number of halogens is 2. The van der Waals surface area contributed by atoms with Crippen molar-refractivity contribution in [3.8, 4) is 0 Å². The Kier molecular flexibility index (Phi) is 7.94. The summed E-state index contributed by atoms with van der Waals surface area (Å²) in [5, 5.41) is 22.7. The van der Waals surface area contributed by atoms with Crippen molar-refractivity contribution < 1.29 is 10.2 Å². The maximum absolute atomic E-state index is 9.65. The molecule has 0 radical (unpaired) electrons. The van der Waals surface area contributed by atoms with Crippen molar-refractivity contribution in [3.05, 3.63) is 111 Å². The van der Waals surface area contributed by atoms with Gasteiger partial charge in [-0.15, -0.1) is 0 Å². The largest absolute Gasteiger partial charge is 0.364 e. The number of hydrogen-bond acceptors (Lipinski definition) is 3. The van der Waals surface area contributed by atoms with Crippen molar-refractivity contribution in [2.45, 2.75) is 13.2 Å². The molecule has 0 aromatic heterocycles. The summed E-state index contributed by atoms with van der Waals surface area (Å²) in [6, 6.07) is 13.5. The Labute approximate surface area is 192 Å². The normalized spacial score (nSPS) is 17.1. The third-order valence-electron chi connectivity index (χ3n) is 5.03. The predicted molar refractivity (Wildman–Crippen MR) is 131 cm³/mol. The van der Waals surface area contributed by atoms with Gasteiger partial charge in [0.2, 0.25) is 0 Å². The Morgan fingerprint density at radius 3 is 2.68 bits per heavy atom. The van der Waals surface area contributed by atoms with Gasteiger partial charge in [0.15, 0.2) is 6.29 Å². The van der Waals surface area contributed by atoms with Crippen LogP contribution in [0.2, 0.25) is 10.0 Å². The van der Waals surface area contributed by atoms with E-state index in [2.05, 4.69) is 29.7 Å². The van der Waals surface area contributed by atoms with E-state index in [9.17, 15) is 10.2 Å². The zero-order valence-corrected chi connectivity index (χ0v) is 18.8. The molecule has 0 atom stereocenters. The third-order valence-corrected chi connectivity index (χ3v) is 5.59. The van der Waals surface area contributed by atoms with Gasteiger partial charge in [0.25, 0.3) is 0 Å². The molecule has 0 bridgehead atoms. The van der Waals surface area contributed by atoms with Crippen molar-refractivity contribution in [1.29, 1.82) is 0 Å². The van der Waals surface area contributed by atoms with Crippen LogP contribution in [0.3, 0.4) is 0 Å². The molecule has 2 aromatic carbocycles. The van der Waals surface area contributed by atoms with E-state index in [4.69, 9.17) is 23.2 Å². The number of nitrogens with zero attached hydrogens (tertiary/aromatic N) is 1. The van der Waals surface area contributed by atoms with Gasteiger partial charge < -0.3 is 15.1 Å². The lowest BCUT2D eigenvalue weighted by atomic mass is 10.1. The molecule has 1 aliphatic rings. The Morgan fingerprint density at radius 2 is 1.97 bits per heavy atom. The van der Waals surface area contributed by atoms with E-state index in [1.165, 1.54) is 0 Å². The molecule has 31 heavy (non-hydrogen) atoms. The summed E-state index contributed by atoms with van der Waals surface area (Å²) >= 11 is 12.8. The van der Waals surface area contributed by atoms with Crippen molar-refractivity contribution in [3.63, 3.8) is 0 Å². The lowest BCUT2D eigenvalue weighted by Crippen LogP contribution is -2.28. The first-order valence-corrected chi connectivity index (χ1v) is 10.7. The highest BCUT2D eigenvalue weighted by Gasteiger charge is 2.22. The highest BCUT2D eigenvalue weighted by molar-refractivity contribution is 6.34. The first-order chi connectivity index (χ1) is 14.9. The van der Waals surface area contributed by atoms with E-state index in [1.54, 1.807) is 30.4 Å². The summed E-state index contributed by atoms with van der Waals surface area (Å²) in [6.45, 7) is 6.77. The fraction of sp³-hybridized carbons (Fsp3) is 0.154. The summed E-state index contributed by atoms with van der Waals surface area (Å²) in [4.78, 5) is 2.14. The van der Waals surface area contributed by atoms with E-state index in [1.807, 2.05) is 37.3 Å². The van der Waals surface area contributed by atoms with Gasteiger partial charge in [-0.2, -0.15) is 0 Å². The zero-order valence-electron chi connectivity index (χ0n) is 17.3. The van der Waals surface area contributed by atoms with Crippen molar-refractivity contribution in [1.82, 2.24) is 4.90 Å². The lowest BCUT2D eigenvalue weighted by molar-refractivity contribution is -0.00513. The number of aliphatic hydroxyl groups excluding tert-OH is 1. The van der Waals surface area contributed by atoms with Crippen LogP contribution in [-0.2, 0) is 0 Å². The second-order valence-electron chi connectivity index (χ2n) is 7.13. The molecule has 0 saturated carbocycles. The number of aliphatic hydroxyl groups is 2. The number of rotatable bonds is 6. The van der Waals surface area contributed by atoms with Gasteiger partial charge in [-0.05, 0) is 47.2 Å². The molecular formula is C26H25Cl2NO2. The quantitative estimate of drug-likeness (QED) is 0.506. The fourth-order valence-corrected chi connectivity index (χ4v) is 3.98. The maximum atomic E-state index is 9.65. The molecule has 0 fully saturated rings. The molecule has 0 aliphatic carbocycles. The molecule has 0 amide bonds. The standard InChI is InChI=1S/C26H25Cl2NO2/c1-3-7-18-9-5-6-10-22(18)20-15-25(23-16-21(27)11-12-24(23)28)29(17-20)14-13-19(8-4-2)26(30)31/h3-13,15-16,26,30-31H,1,14,17H2,2H3/b8-4-,18-7-,19-13+,22-20-. The van der Waals surface area contributed by atoms with Gasteiger partial charge in [-0.25, -0.2) is 0 Å². The molecule has 0 saturated heterocycles. The predicted octanol–water partition coefficient (Wildman–Crippen LogP) is 4.28. The summed E-state index contributed by atoms with van der Waals surface area (Å²) in [5.74, 6) is 0. The average molecular weight is 454 g/mol. The fourth-order valence-electron chi connectivity index (χ4n) is 3.59. The average Bonchev–Trinajstić information content (AvgIpc) is 3.17. The highest BCUT2D eigenvalue weighted by atomic mass is 35.5. The molecule has 3 nitrogen and oxygen atoms in total. The van der Waals surface area contributed by atoms with Crippen LogP contribution in [0.4, 0.5) is 0 Å². The molecule has 160 valence electrons. The molecule has 0 unspecified atom stereocenters. The highest BCUT2D eigenvalue weighted by Crippen LogP contribution is 2.34. The van der Waals surface area contributed by atoms with Gasteiger partial charge in [0.1, 0.15) is 0 Å². The van der Waals surface area contributed by atoms with Crippen LogP contribution in [0.25, 0.3) is 17.3 Å². The molecule has 1 heterocycles. The lowest BCUT2D eigenvalue weighted by Gasteiger charge is -2.22. The van der Waals surface area contributed by atoms with Crippen LogP contribution < -0.4 is 10.4 Å². The third kappa shape index (κ3) is 5.57. The van der Waals surface area contributed by atoms with Crippen molar-refractivity contribution in [2.75, 3.05) is 13.1 Å². The first-order valence-electron chi connectivity index (χ1n) is 9.96. The van der Waals surface area contributed by atoms with Gasteiger partial charge in [0, 0.05) is 40.0 Å². The van der Waals surface area contributed by atoms with Crippen LogP contribution in [-0.4, -0.2) is 34.5 Å². The SMILES string of the molecule is C=C/C=c1/cccc/c1=C1\C=C(c2cc(Cl)ccc2Cl)N(C/C=C(\C=C/C)C(O)O)C1. The maximum Gasteiger partial charge on any atom is 0.178 e. The van der Waals surface area contributed by atoms with Gasteiger partial charge in [0.05, 0.1) is 0 Å². The van der Waals surface area contributed by atoms with Gasteiger partial charge in [-0.1, -0.05) is 84.4 Å². The molecule has 1 aliphatic heterocycles. The Morgan fingerprint density at radius 1 is 1.19 bits per heavy atom. The first kappa shape index (κ1) is 23.1. The summed E-state index contributed by atoms with van der Waals surface area (Å²) < 4.78 is 0. The minimum Gasteiger partial charge on any atom is -0.364 e. The molecular weight excluding hydrogens is 429 g/mol. The monoisotopic (exact) mass is 453 g/mol. The van der Waals surface area contributed by atoms with Gasteiger partial charge >= 0.3 is 0 Å². The van der Waals surface area contributed by atoms with Crippen LogP contribution in [0.5, 0.6) is 0 Å². The topological polar surface area (TPSA) is 43.7 Å². The van der Waals surface area contributed by atoms with E-state index in [0.717, 1.165) is 27.3 Å². The number of hydrogen-bond donors (Lipinski definition) is 2. The molecule has 5 heteroatoms. The Hall–Kier alpha value is -2.56. The van der Waals surface area contributed by atoms with E-state index in [-0.39, 0.29) is 0 Å². The second kappa shape index (κ2) is 10.7. The molecule has 2 aromatic rings. The van der Waals surface area contributed by atoms with E-state index < -0.39 is 6.29 Å². The summed E-state index contributed by atoms with van der Waals surface area (Å²) in [7, 11) is 0. The number of allylic oxidation sites excluding steroid dienone is 2. The zero-order chi connectivity index (χ0) is 22.4. The minimum absolute atomic E-state index is 0.438. The van der Waals surface area contributed by atoms with E-state index in [0.29, 0.717) is 28.7 Å². The van der Waals surface area contributed by atoms with Crippen LogP contribution >= 0.6 is 23.2 Å². The van der Waals surface area contributed by atoms with Crippen molar-refractivity contribution >= 4 is 40.5 Å². The van der Waals surface area contributed by atoms with Crippen molar-refractivity contribution in [2.24, 2.45) is 0 Å². The van der Waals surface area contributed by atoms with Gasteiger partial charge in [-0.3, -0.25) is 0 Å². The van der Waals surface area contributed by atoms with Crippen LogP contribution in [0.15, 0.2) is 85.0 Å². The van der Waals surface area contributed by atoms with E-state index >= 15 is 0 Å². The van der Waals surface area contributed by atoms with Crippen LogP contribution in [0, 0.1) is 0 Å². The number of benzene rings is 2. The summed E-state index contributed by atoms with van der Waals surface area (Å²) in [5.41, 5.74) is 3.33. The molecule has 0 spiro atoms. The molecule has 2 N–H and O–H groups in total. The Balaban J connectivity index is 2.16. The minimum atomic E-state index is -1.53. The second-order valence-corrected chi connectivity index (χ2v) is 7.97. The molecule has 3 rings (SSSR count). The van der Waals surface area contributed by atoms with Crippen LogP contribution in [0.1, 0.15) is 12.5 Å². The Bertz CT molecular complexity index is 1180. The smallest absolute Gasteiger partial charge is 0.178 e. The summed E-state index contributed by atoms with van der Waals surface area (Å²) in [6.07, 6.45) is 9.62.